The molecule has 33 heavy (non-hydrogen) atoms. The number of hydrogen-bond donors (Lipinski definition) is 1. The van der Waals surface area contributed by atoms with Crippen molar-refractivity contribution in [2.24, 2.45) is 5.73 Å². The number of nitrogens with two attached hydrogens (primary N) is 1. The number of alkyl halides is 1. The molecule has 11 heteroatoms. The molecule has 0 aromatic heterocycles. The quantitative estimate of drug-likeness (QED) is 0.117. The van der Waals surface area contributed by atoms with Crippen LogP contribution in [0, 0.1) is 0 Å². The maximum atomic E-state index is 5.63. The molecule has 0 aliphatic rings. The van der Waals surface area contributed by atoms with Crippen LogP contribution in [0.25, 0.3) is 0 Å². The zero-order chi connectivity index (χ0) is 23.2. The lowest BCUT2D eigenvalue weighted by molar-refractivity contribution is -0.0230. The second-order valence-electron chi connectivity index (χ2n) is 6.79. The fraction of sp³-hybridized carbons (Fsp3) is 1.00. The average molecular weight is 525 g/mol. The van der Waals surface area contributed by atoms with E-state index in [2.05, 4.69) is 0 Å². The Bertz CT molecular complexity index is 307. The van der Waals surface area contributed by atoms with Gasteiger partial charge in [-0.05, 0) is 12.8 Å². The zero-order valence-corrected chi connectivity index (χ0v) is 21.8. The van der Waals surface area contributed by atoms with Crippen LogP contribution in [0.5, 0.6) is 0 Å². The van der Waals surface area contributed by atoms with E-state index in [0.29, 0.717) is 106 Å². The molecule has 0 aliphatic carbocycles. The highest BCUT2D eigenvalue weighted by molar-refractivity contribution is 6.17. The van der Waals surface area contributed by atoms with Crippen LogP contribution >= 0.6 is 24.0 Å². The molecule has 0 aliphatic heterocycles. The second-order valence-corrected chi connectivity index (χ2v) is 7.17. The SMILES string of the molecule is Cl.NCCOCCOCCOCCOCCOCCOCCOCCOCCCCCCCl. The first-order chi connectivity index (χ1) is 15.9. The van der Waals surface area contributed by atoms with Crippen molar-refractivity contribution < 1.29 is 37.9 Å². The molecule has 0 amide bonds. The van der Waals surface area contributed by atoms with Gasteiger partial charge in [0.05, 0.1) is 99.1 Å². The first-order valence-corrected chi connectivity index (χ1v) is 12.3. The fourth-order valence-electron chi connectivity index (χ4n) is 2.38. The summed E-state index contributed by atoms with van der Waals surface area (Å²) in [5.74, 6) is 0.749. The molecule has 0 radical (unpaired) electrons. The molecule has 0 bridgehead atoms. The molecule has 0 saturated heterocycles. The molecule has 0 unspecified atom stereocenters. The second kappa shape index (κ2) is 34.4. The lowest BCUT2D eigenvalue weighted by Crippen LogP contribution is -2.15. The van der Waals surface area contributed by atoms with E-state index in [1.165, 1.54) is 12.8 Å². The highest BCUT2D eigenvalue weighted by Crippen LogP contribution is 2.01. The Hall–Kier alpha value is 0.220. The van der Waals surface area contributed by atoms with E-state index >= 15 is 0 Å². The third-order valence-corrected chi connectivity index (χ3v) is 4.31. The summed E-state index contributed by atoms with van der Waals surface area (Å²) in [7, 11) is 0. The Kier molecular flexibility index (Phi) is 36.9. The Labute approximate surface area is 211 Å². The molecule has 0 aromatic carbocycles. The fourth-order valence-corrected chi connectivity index (χ4v) is 2.57. The normalized spacial score (nSPS) is 11.1. The van der Waals surface area contributed by atoms with Crippen LogP contribution in [0.4, 0.5) is 0 Å². The Balaban J connectivity index is 0. The topological polar surface area (TPSA) is 99.9 Å². The van der Waals surface area contributed by atoms with Crippen molar-refractivity contribution in [1.82, 2.24) is 0 Å². The van der Waals surface area contributed by atoms with Gasteiger partial charge in [-0.2, -0.15) is 0 Å². The van der Waals surface area contributed by atoms with E-state index in [-0.39, 0.29) is 12.4 Å². The predicted molar refractivity (Wildman–Crippen MR) is 132 cm³/mol. The van der Waals surface area contributed by atoms with E-state index in [1.807, 2.05) is 0 Å². The molecule has 9 nitrogen and oxygen atoms in total. The first-order valence-electron chi connectivity index (χ1n) is 11.8. The molecule has 0 saturated carbocycles. The summed E-state index contributed by atoms with van der Waals surface area (Å²) in [6.45, 7) is 9.67. The van der Waals surface area contributed by atoms with Crippen molar-refractivity contribution in [1.29, 1.82) is 0 Å². The Morgan fingerprint density at radius 3 is 0.939 bits per heavy atom. The van der Waals surface area contributed by atoms with Crippen LogP contribution in [0.2, 0.25) is 0 Å². The lowest BCUT2D eigenvalue weighted by Gasteiger charge is -2.08. The summed E-state index contributed by atoms with van der Waals surface area (Å²) in [6, 6.07) is 0. The van der Waals surface area contributed by atoms with Crippen molar-refractivity contribution in [3.8, 4) is 0 Å². The van der Waals surface area contributed by atoms with Crippen LogP contribution < -0.4 is 5.73 Å². The van der Waals surface area contributed by atoms with Crippen LogP contribution in [0.3, 0.4) is 0 Å². The molecule has 0 heterocycles. The Morgan fingerprint density at radius 1 is 0.364 bits per heavy atom. The average Bonchev–Trinajstić information content (AvgIpc) is 2.81. The number of ether oxygens (including phenoxy) is 8. The van der Waals surface area contributed by atoms with Crippen LogP contribution in [-0.2, 0) is 37.9 Å². The Morgan fingerprint density at radius 2 is 0.636 bits per heavy atom. The first kappa shape index (κ1) is 35.4. The van der Waals surface area contributed by atoms with Gasteiger partial charge in [-0.3, -0.25) is 0 Å². The van der Waals surface area contributed by atoms with Gasteiger partial charge in [0.25, 0.3) is 0 Å². The highest BCUT2D eigenvalue weighted by atomic mass is 35.5. The van der Waals surface area contributed by atoms with E-state index in [9.17, 15) is 0 Å². The summed E-state index contributed by atoms with van der Waals surface area (Å²) in [6.07, 6.45) is 4.52. The van der Waals surface area contributed by atoms with Crippen LogP contribution in [0.15, 0.2) is 0 Å². The van der Waals surface area contributed by atoms with E-state index in [4.69, 9.17) is 55.2 Å². The van der Waals surface area contributed by atoms with Gasteiger partial charge in [-0.15, -0.1) is 24.0 Å². The third kappa shape index (κ3) is 34.5. The summed E-state index contributed by atoms with van der Waals surface area (Å²) in [4.78, 5) is 0. The number of unbranched alkanes of at least 4 members (excludes halogenated alkanes) is 3. The molecule has 0 fully saturated rings. The predicted octanol–water partition coefficient (Wildman–Crippen LogP) is 2.30. The van der Waals surface area contributed by atoms with E-state index < -0.39 is 0 Å². The van der Waals surface area contributed by atoms with Gasteiger partial charge in [0, 0.05) is 19.0 Å². The standard InChI is InChI=1S/C22H46ClNO8.ClH/c23-5-3-1-2-4-7-25-9-11-27-13-15-29-17-19-31-21-22-32-20-18-30-16-14-28-12-10-26-8-6-24;/h1-22,24H2;1H. The number of rotatable bonds is 29. The molecular weight excluding hydrogens is 477 g/mol. The zero-order valence-electron chi connectivity index (χ0n) is 20.2. The van der Waals surface area contributed by atoms with Crippen molar-refractivity contribution in [3.05, 3.63) is 0 Å². The van der Waals surface area contributed by atoms with E-state index in [1.54, 1.807) is 0 Å². The summed E-state index contributed by atoms with van der Waals surface area (Å²) < 4.78 is 43.2. The number of halogens is 2. The van der Waals surface area contributed by atoms with Gasteiger partial charge in [0.1, 0.15) is 0 Å². The lowest BCUT2D eigenvalue weighted by atomic mass is 10.2. The van der Waals surface area contributed by atoms with Crippen molar-refractivity contribution in [2.75, 3.05) is 118 Å². The highest BCUT2D eigenvalue weighted by Gasteiger charge is 1.95. The van der Waals surface area contributed by atoms with Crippen LogP contribution in [-0.4, -0.2) is 118 Å². The smallest absolute Gasteiger partial charge is 0.0701 e. The van der Waals surface area contributed by atoms with Crippen molar-refractivity contribution >= 4 is 24.0 Å². The molecule has 2 N–H and O–H groups in total. The summed E-state index contributed by atoms with van der Waals surface area (Å²) in [5, 5.41) is 0. The minimum Gasteiger partial charge on any atom is -0.379 e. The molecule has 0 spiro atoms. The van der Waals surface area contributed by atoms with Gasteiger partial charge in [0.15, 0.2) is 0 Å². The van der Waals surface area contributed by atoms with E-state index in [0.717, 1.165) is 25.3 Å². The minimum atomic E-state index is 0. The minimum absolute atomic E-state index is 0. The van der Waals surface area contributed by atoms with Gasteiger partial charge < -0.3 is 43.6 Å². The van der Waals surface area contributed by atoms with Crippen molar-refractivity contribution in [2.45, 2.75) is 25.7 Å². The van der Waals surface area contributed by atoms with Crippen LogP contribution in [0.1, 0.15) is 25.7 Å². The third-order valence-electron chi connectivity index (χ3n) is 4.04. The maximum absolute atomic E-state index is 5.63. The van der Waals surface area contributed by atoms with Gasteiger partial charge in [-0.1, -0.05) is 12.8 Å². The summed E-state index contributed by atoms with van der Waals surface area (Å²) >= 11 is 5.63. The van der Waals surface area contributed by atoms with Gasteiger partial charge >= 0.3 is 0 Å². The number of hydrogen-bond acceptors (Lipinski definition) is 9. The maximum Gasteiger partial charge on any atom is 0.0701 e. The molecule has 0 atom stereocenters. The monoisotopic (exact) mass is 523 g/mol. The van der Waals surface area contributed by atoms with Gasteiger partial charge in [-0.25, -0.2) is 0 Å². The van der Waals surface area contributed by atoms with Crippen molar-refractivity contribution in [3.63, 3.8) is 0 Å². The molecular formula is C22H47Cl2NO8. The molecule has 0 rings (SSSR count). The molecule has 0 aromatic rings. The largest absolute Gasteiger partial charge is 0.379 e. The molecule has 202 valence electrons. The van der Waals surface area contributed by atoms with Gasteiger partial charge in [0.2, 0.25) is 0 Å². The summed E-state index contributed by atoms with van der Waals surface area (Å²) in [5.41, 5.74) is 5.31.